The molecule has 0 spiro atoms. The van der Waals surface area contributed by atoms with Gasteiger partial charge in [-0.3, -0.25) is 4.99 Å². The summed E-state index contributed by atoms with van der Waals surface area (Å²) in [4.78, 5) is 4.12. The van der Waals surface area contributed by atoms with Gasteiger partial charge in [0.1, 0.15) is 5.82 Å². The second-order valence-electron chi connectivity index (χ2n) is 2.52. The molecule has 0 bridgehead atoms. The molecule has 9 heavy (non-hydrogen) atoms. The molecule has 0 fully saturated rings. The van der Waals surface area contributed by atoms with Crippen LogP contribution in [-0.4, -0.2) is 13.5 Å². The molecular formula is C6H11BN2. The fraction of sp³-hybridized carbons (Fsp3) is 0.500. The Labute approximate surface area is 56.3 Å². The normalized spacial score (nSPS) is 27.0. The van der Waals surface area contributed by atoms with Crippen LogP contribution in [0.3, 0.4) is 0 Å². The van der Waals surface area contributed by atoms with Crippen LogP contribution in [0.5, 0.6) is 0 Å². The smallest absolute Gasteiger partial charge is 0.158 e. The summed E-state index contributed by atoms with van der Waals surface area (Å²) in [5.41, 5.74) is 6.61. The first kappa shape index (κ1) is 6.40. The van der Waals surface area contributed by atoms with Gasteiger partial charge in [0.05, 0.1) is 0 Å². The van der Waals surface area contributed by atoms with E-state index in [1.165, 1.54) is 0 Å². The lowest BCUT2D eigenvalue weighted by Crippen LogP contribution is -2.16. The summed E-state index contributed by atoms with van der Waals surface area (Å²) in [6, 6.07) is 0. The summed E-state index contributed by atoms with van der Waals surface area (Å²) in [6.45, 7) is 2.15. The first-order chi connectivity index (χ1) is 4.20. The fourth-order valence-electron chi connectivity index (χ4n) is 0.828. The number of hydrogen-bond donors (Lipinski definition) is 1. The van der Waals surface area contributed by atoms with E-state index in [-0.39, 0.29) is 0 Å². The molecule has 0 aliphatic carbocycles. The van der Waals surface area contributed by atoms with Gasteiger partial charge in [0.15, 0.2) is 7.85 Å². The van der Waals surface area contributed by atoms with Crippen molar-refractivity contribution in [3.63, 3.8) is 0 Å². The number of hydrogen-bond acceptors (Lipinski definition) is 2. The molecule has 0 saturated carbocycles. The van der Waals surface area contributed by atoms with Crippen LogP contribution in [-0.2, 0) is 0 Å². The lowest BCUT2D eigenvalue weighted by atomic mass is 9.85. The van der Waals surface area contributed by atoms with E-state index in [1.807, 2.05) is 13.9 Å². The van der Waals surface area contributed by atoms with Crippen LogP contribution < -0.4 is 5.73 Å². The predicted molar refractivity (Wildman–Crippen MR) is 42.0 cm³/mol. The molecule has 0 aromatic heterocycles. The highest BCUT2D eigenvalue weighted by Crippen LogP contribution is 2.11. The van der Waals surface area contributed by atoms with Crippen molar-refractivity contribution >= 4 is 13.5 Å². The van der Waals surface area contributed by atoms with E-state index in [1.54, 1.807) is 0 Å². The molecule has 0 amide bonds. The number of nitrogens with zero attached hydrogens (tertiary/aromatic N) is 1. The van der Waals surface area contributed by atoms with Gasteiger partial charge in [-0.15, -0.1) is 0 Å². The van der Waals surface area contributed by atoms with Crippen LogP contribution in [0.4, 0.5) is 0 Å². The van der Waals surface area contributed by atoms with Crippen molar-refractivity contribution in [2.24, 2.45) is 16.6 Å². The van der Waals surface area contributed by atoms with Gasteiger partial charge in [-0.25, -0.2) is 0 Å². The average molecular weight is 122 g/mol. The molecule has 2 nitrogen and oxygen atoms in total. The van der Waals surface area contributed by atoms with Gasteiger partial charge in [0.2, 0.25) is 0 Å². The zero-order chi connectivity index (χ0) is 6.85. The zero-order valence-corrected chi connectivity index (χ0v) is 5.89. The Hall–Kier alpha value is -0.725. The quantitative estimate of drug-likeness (QED) is 0.446. The lowest BCUT2D eigenvalue weighted by molar-refractivity contribution is 0.775. The third-order valence-electron chi connectivity index (χ3n) is 1.70. The maximum absolute atomic E-state index is 5.46. The second-order valence-corrected chi connectivity index (χ2v) is 2.52. The van der Waals surface area contributed by atoms with Crippen molar-refractivity contribution in [3.05, 3.63) is 11.9 Å². The SMILES string of the molecule is BC1=NC(N)=CC[C@H]1C. The van der Waals surface area contributed by atoms with Crippen LogP contribution in [0.1, 0.15) is 13.3 Å². The Morgan fingerprint density at radius 3 is 3.00 bits per heavy atom. The molecule has 0 aromatic carbocycles. The van der Waals surface area contributed by atoms with E-state index in [2.05, 4.69) is 11.9 Å². The summed E-state index contributed by atoms with van der Waals surface area (Å²) >= 11 is 0. The molecule has 1 aliphatic heterocycles. The minimum absolute atomic E-state index is 0.581. The van der Waals surface area contributed by atoms with Gasteiger partial charge in [-0.2, -0.15) is 0 Å². The maximum Gasteiger partial charge on any atom is 0.158 e. The summed E-state index contributed by atoms with van der Waals surface area (Å²) < 4.78 is 0. The molecule has 3 heteroatoms. The monoisotopic (exact) mass is 122 g/mol. The van der Waals surface area contributed by atoms with Crippen LogP contribution in [0.2, 0.25) is 0 Å². The van der Waals surface area contributed by atoms with Crippen molar-refractivity contribution in [2.75, 3.05) is 0 Å². The molecule has 1 aliphatic rings. The number of aliphatic imine (C=N–C) groups is 1. The van der Waals surface area contributed by atoms with E-state index < -0.39 is 0 Å². The molecular weight excluding hydrogens is 111 g/mol. The highest BCUT2D eigenvalue weighted by Gasteiger charge is 2.07. The fourth-order valence-corrected chi connectivity index (χ4v) is 0.828. The predicted octanol–water partition coefficient (Wildman–Crippen LogP) is -0.142. The third kappa shape index (κ3) is 1.34. The van der Waals surface area contributed by atoms with Gasteiger partial charge < -0.3 is 5.73 Å². The molecule has 48 valence electrons. The largest absolute Gasteiger partial charge is 0.384 e. The van der Waals surface area contributed by atoms with Gasteiger partial charge in [0.25, 0.3) is 0 Å². The molecule has 0 radical (unpaired) electrons. The van der Waals surface area contributed by atoms with Crippen LogP contribution >= 0.6 is 0 Å². The first-order valence-corrected chi connectivity index (χ1v) is 3.21. The highest BCUT2D eigenvalue weighted by molar-refractivity contribution is 6.60. The Balaban J connectivity index is 2.74. The van der Waals surface area contributed by atoms with Crippen molar-refractivity contribution < 1.29 is 0 Å². The van der Waals surface area contributed by atoms with Gasteiger partial charge in [-0.05, 0) is 24.0 Å². The van der Waals surface area contributed by atoms with E-state index in [0.29, 0.717) is 11.7 Å². The molecule has 0 saturated heterocycles. The summed E-state index contributed by atoms with van der Waals surface area (Å²) in [5.74, 6) is 1.25. The minimum atomic E-state index is 0.581. The van der Waals surface area contributed by atoms with Crippen molar-refractivity contribution in [3.8, 4) is 0 Å². The van der Waals surface area contributed by atoms with Gasteiger partial charge in [-0.1, -0.05) is 6.92 Å². The summed E-state index contributed by atoms with van der Waals surface area (Å²) in [6.07, 6.45) is 3.01. The van der Waals surface area contributed by atoms with E-state index in [9.17, 15) is 0 Å². The van der Waals surface area contributed by atoms with Gasteiger partial charge in [0, 0.05) is 0 Å². The Kier molecular flexibility index (Phi) is 1.60. The molecule has 1 rings (SSSR count). The lowest BCUT2D eigenvalue weighted by Gasteiger charge is -2.13. The molecule has 1 heterocycles. The van der Waals surface area contributed by atoms with Crippen LogP contribution in [0.25, 0.3) is 0 Å². The third-order valence-corrected chi connectivity index (χ3v) is 1.70. The van der Waals surface area contributed by atoms with E-state index >= 15 is 0 Å². The van der Waals surface area contributed by atoms with Gasteiger partial charge >= 0.3 is 0 Å². The van der Waals surface area contributed by atoms with Crippen LogP contribution in [0, 0.1) is 5.92 Å². The number of nitrogens with two attached hydrogens (primary N) is 1. The minimum Gasteiger partial charge on any atom is -0.384 e. The maximum atomic E-state index is 5.46. The second kappa shape index (κ2) is 2.25. The standard InChI is InChI=1S/C6H11BN2/c1-4-2-3-5(8)9-6(4)7/h3-4H,2,7-8H2,1H3/t4-/m1/s1. The molecule has 0 unspecified atom stereocenters. The zero-order valence-electron chi connectivity index (χ0n) is 5.89. The topological polar surface area (TPSA) is 38.4 Å². The van der Waals surface area contributed by atoms with Crippen molar-refractivity contribution in [2.45, 2.75) is 13.3 Å². The van der Waals surface area contributed by atoms with Crippen molar-refractivity contribution in [1.29, 1.82) is 0 Å². The van der Waals surface area contributed by atoms with E-state index in [4.69, 9.17) is 5.73 Å². The highest BCUT2D eigenvalue weighted by atomic mass is 14.9. The summed E-state index contributed by atoms with van der Waals surface area (Å²) in [5, 5.41) is 0. The average Bonchev–Trinajstić information content (AvgIpc) is 1.80. The Morgan fingerprint density at radius 2 is 2.56 bits per heavy atom. The number of allylic oxidation sites excluding steroid dienone is 1. The number of rotatable bonds is 0. The molecule has 2 N–H and O–H groups in total. The summed E-state index contributed by atoms with van der Waals surface area (Å²) in [7, 11) is 2.02. The Bertz CT molecular complexity index is 172. The molecule has 0 aromatic rings. The van der Waals surface area contributed by atoms with Crippen molar-refractivity contribution in [1.82, 2.24) is 0 Å². The Morgan fingerprint density at radius 1 is 1.89 bits per heavy atom. The van der Waals surface area contributed by atoms with Crippen LogP contribution in [0.15, 0.2) is 16.9 Å². The first-order valence-electron chi connectivity index (χ1n) is 3.21. The van der Waals surface area contributed by atoms with E-state index in [0.717, 1.165) is 12.0 Å². The molecule has 1 atom stereocenters.